The third-order valence-corrected chi connectivity index (χ3v) is 4.79. The van der Waals surface area contributed by atoms with Crippen LogP contribution >= 0.6 is 23.2 Å². The summed E-state index contributed by atoms with van der Waals surface area (Å²) in [6.45, 7) is 0.197. The Balaban J connectivity index is 1.73. The van der Waals surface area contributed by atoms with Crippen LogP contribution < -0.4 is 20.3 Å². The molecule has 170 valence electrons. The Morgan fingerprint density at radius 3 is 2.50 bits per heavy atom. The number of aromatic amines is 1. The number of aromatic hydroxyl groups is 1. The summed E-state index contributed by atoms with van der Waals surface area (Å²) >= 11 is 12.0. The van der Waals surface area contributed by atoms with Crippen molar-refractivity contribution in [2.45, 2.75) is 12.8 Å². The van der Waals surface area contributed by atoms with Crippen LogP contribution in [0.3, 0.4) is 0 Å². The van der Waals surface area contributed by atoms with Gasteiger partial charge in [-0.2, -0.15) is 0 Å². The number of hydrogen-bond acceptors (Lipinski definition) is 5. The molecule has 0 aliphatic heterocycles. The quantitative estimate of drug-likeness (QED) is 0.419. The number of carbonyl (C=O) groups is 1. The van der Waals surface area contributed by atoms with Gasteiger partial charge in [0.2, 0.25) is 0 Å². The molecule has 32 heavy (non-hydrogen) atoms. The molecule has 0 fully saturated rings. The molecule has 1 aromatic heterocycles. The Hall–Kier alpha value is -3.11. The third-order valence-electron chi connectivity index (χ3n) is 4.19. The summed E-state index contributed by atoms with van der Waals surface area (Å²) in [6, 6.07) is 7.86. The lowest BCUT2D eigenvalue weighted by molar-refractivity contribution is -0.274. The summed E-state index contributed by atoms with van der Waals surface area (Å²) in [7, 11) is 0. The van der Waals surface area contributed by atoms with E-state index in [2.05, 4.69) is 15.0 Å². The van der Waals surface area contributed by atoms with E-state index in [1.165, 1.54) is 0 Å². The average molecular weight is 491 g/mol. The lowest BCUT2D eigenvalue weighted by Gasteiger charge is -2.13. The number of hydrogen-bond donors (Lipinski definition) is 3. The highest BCUT2D eigenvalue weighted by Crippen LogP contribution is 2.32. The van der Waals surface area contributed by atoms with Gasteiger partial charge in [0, 0.05) is 17.4 Å². The van der Waals surface area contributed by atoms with E-state index in [4.69, 9.17) is 27.9 Å². The van der Waals surface area contributed by atoms with Gasteiger partial charge in [0.15, 0.2) is 11.5 Å². The number of alkyl halides is 3. The molecule has 0 aliphatic rings. The van der Waals surface area contributed by atoms with Crippen LogP contribution in [0.15, 0.2) is 41.2 Å². The molecule has 3 aromatic rings. The van der Waals surface area contributed by atoms with Crippen LogP contribution in [0, 0.1) is 0 Å². The molecule has 0 aliphatic carbocycles. The minimum absolute atomic E-state index is 0.0455. The monoisotopic (exact) mass is 490 g/mol. The fraction of sp³-hybridized carbons (Fsp3) is 0.200. The standard InChI is InChI=1S/C20H15Cl2F3N2O5/c21-12-3-1-4-13(22)17(12)31-8-2-7-26-18(29)15-11-9-10(32-20(23,24)25)5-6-14(11)27-19(30)16(15)28/h1,3-6,9,28H,2,7-8H2,(H,26,29)(H,27,30). The van der Waals surface area contributed by atoms with Gasteiger partial charge in [-0.05, 0) is 36.8 Å². The summed E-state index contributed by atoms with van der Waals surface area (Å²) in [6.07, 6.45) is -4.65. The molecule has 0 atom stereocenters. The number of aromatic nitrogens is 1. The maximum Gasteiger partial charge on any atom is 0.573 e. The van der Waals surface area contributed by atoms with Crippen molar-refractivity contribution in [3.05, 3.63) is 62.4 Å². The molecule has 0 radical (unpaired) electrons. The zero-order chi connectivity index (χ0) is 23.5. The van der Waals surface area contributed by atoms with E-state index >= 15 is 0 Å². The molecular formula is C20H15Cl2F3N2O5. The molecule has 1 heterocycles. The van der Waals surface area contributed by atoms with Gasteiger partial charge in [0.05, 0.1) is 22.2 Å². The predicted octanol–water partition coefficient (Wildman–Crippen LogP) is 4.64. The molecule has 7 nitrogen and oxygen atoms in total. The Bertz CT molecular complexity index is 1190. The van der Waals surface area contributed by atoms with Crippen molar-refractivity contribution in [3.8, 4) is 17.2 Å². The highest BCUT2D eigenvalue weighted by atomic mass is 35.5. The van der Waals surface area contributed by atoms with E-state index in [0.717, 1.165) is 18.2 Å². The Kier molecular flexibility index (Phi) is 7.05. The Morgan fingerprint density at radius 1 is 1.16 bits per heavy atom. The average Bonchev–Trinajstić information content (AvgIpc) is 2.69. The van der Waals surface area contributed by atoms with Crippen LogP contribution in [0.1, 0.15) is 16.8 Å². The number of H-pyrrole nitrogens is 1. The number of ether oxygens (including phenoxy) is 2. The topological polar surface area (TPSA) is 101 Å². The number of halogens is 5. The minimum atomic E-state index is -4.95. The second kappa shape index (κ2) is 9.58. The second-order valence-electron chi connectivity index (χ2n) is 6.44. The number of fused-ring (bicyclic) bond motifs is 1. The van der Waals surface area contributed by atoms with Gasteiger partial charge >= 0.3 is 6.36 Å². The van der Waals surface area contributed by atoms with Crippen molar-refractivity contribution in [1.29, 1.82) is 0 Å². The molecule has 2 aromatic carbocycles. The Labute approximate surface area is 188 Å². The number of pyridine rings is 1. The Morgan fingerprint density at radius 2 is 1.84 bits per heavy atom. The van der Waals surface area contributed by atoms with Gasteiger partial charge in [0.25, 0.3) is 11.5 Å². The van der Waals surface area contributed by atoms with E-state index in [1.807, 2.05) is 0 Å². The van der Waals surface area contributed by atoms with Crippen molar-refractivity contribution >= 4 is 40.0 Å². The number of amides is 1. The van der Waals surface area contributed by atoms with E-state index in [0.29, 0.717) is 16.5 Å². The zero-order valence-corrected chi connectivity index (χ0v) is 17.6. The normalized spacial score (nSPS) is 11.4. The van der Waals surface area contributed by atoms with Gasteiger partial charge in [-0.1, -0.05) is 29.3 Å². The van der Waals surface area contributed by atoms with Crippen molar-refractivity contribution in [2.75, 3.05) is 13.2 Å². The van der Waals surface area contributed by atoms with Gasteiger partial charge in [-0.3, -0.25) is 9.59 Å². The minimum Gasteiger partial charge on any atom is -0.502 e. The summed E-state index contributed by atoms with van der Waals surface area (Å²) in [5, 5.41) is 13.1. The fourth-order valence-corrected chi connectivity index (χ4v) is 3.35. The lowest BCUT2D eigenvalue weighted by Crippen LogP contribution is -2.27. The molecule has 1 amide bonds. The highest BCUT2D eigenvalue weighted by Gasteiger charge is 2.31. The van der Waals surface area contributed by atoms with E-state index < -0.39 is 34.9 Å². The van der Waals surface area contributed by atoms with Crippen LogP contribution in [-0.4, -0.2) is 35.5 Å². The van der Waals surface area contributed by atoms with Gasteiger partial charge in [0.1, 0.15) is 5.75 Å². The fourth-order valence-electron chi connectivity index (χ4n) is 2.85. The van der Waals surface area contributed by atoms with Crippen LogP contribution in [-0.2, 0) is 0 Å². The number of para-hydroxylation sites is 1. The molecule has 0 bridgehead atoms. The molecule has 3 rings (SSSR count). The van der Waals surface area contributed by atoms with Crippen molar-refractivity contribution in [3.63, 3.8) is 0 Å². The molecule has 0 saturated heterocycles. The summed E-state index contributed by atoms with van der Waals surface area (Å²) in [5.41, 5.74) is -1.40. The summed E-state index contributed by atoms with van der Waals surface area (Å²) in [4.78, 5) is 26.8. The van der Waals surface area contributed by atoms with Crippen LogP contribution in [0.25, 0.3) is 10.9 Å². The molecule has 0 saturated carbocycles. The summed E-state index contributed by atoms with van der Waals surface area (Å²) < 4.78 is 46.9. The predicted molar refractivity (Wildman–Crippen MR) is 112 cm³/mol. The van der Waals surface area contributed by atoms with Gasteiger partial charge in [-0.15, -0.1) is 13.2 Å². The van der Waals surface area contributed by atoms with Crippen LogP contribution in [0.2, 0.25) is 10.0 Å². The van der Waals surface area contributed by atoms with Crippen LogP contribution in [0.5, 0.6) is 17.2 Å². The van der Waals surface area contributed by atoms with E-state index in [-0.39, 0.29) is 29.8 Å². The van der Waals surface area contributed by atoms with Crippen molar-refractivity contribution in [1.82, 2.24) is 10.3 Å². The van der Waals surface area contributed by atoms with Gasteiger partial charge < -0.3 is 24.9 Å². The zero-order valence-electron chi connectivity index (χ0n) is 16.1. The maximum absolute atomic E-state index is 12.6. The highest BCUT2D eigenvalue weighted by molar-refractivity contribution is 6.37. The number of rotatable bonds is 7. The first kappa shape index (κ1) is 23.6. The lowest BCUT2D eigenvalue weighted by atomic mass is 10.1. The van der Waals surface area contributed by atoms with Crippen molar-refractivity contribution in [2.24, 2.45) is 0 Å². The van der Waals surface area contributed by atoms with Gasteiger partial charge in [-0.25, -0.2) is 0 Å². The summed E-state index contributed by atoms with van der Waals surface area (Å²) in [5.74, 6) is -2.12. The molecule has 12 heteroatoms. The molecule has 0 spiro atoms. The van der Waals surface area contributed by atoms with E-state index in [1.54, 1.807) is 18.2 Å². The largest absolute Gasteiger partial charge is 0.573 e. The number of nitrogens with one attached hydrogen (secondary N) is 2. The van der Waals surface area contributed by atoms with Crippen molar-refractivity contribution < 1.29 is 32.5 Å². The third kappa shape index (κ3) is 5.57. The van der Waals surface area contributed by atoms with Crippen LogP contribution in [0.4, 0.5) is 13.2 Å². The number of carbonyl (C=O) groups excluding carboxylic acids is 1. The number of benzene rings is 2. The smallest absolute Gasteiger partial charge is 0.502 e. The molecule has 0 unspecified atom stereocenters. The second-order valence-corrected chi connectivity index (χ2v) is 7.26. The first-order valence-corrected chi connectivity index (χ1v) is 9.82. The molecule has 3 N–H and O–H groups in total. The van der Waals surface area contributed by atoms with E-state index in [9.17, 15) is 27.9 Å². The first-order valence-electron chi connectivity index (χ1n) is 9.06. The maximum atomic E-state index is 12.6. The molecular weight excluding hydrogens is 476 g/mol. The first-order chi connectivity index (χ1) is 15.1. The SMILES string of the molecule is O=C(NCCCOc1c(Cl)cccc1Cl)c1c(O)c(=O)[nH]c2ccc(OC(F)(F)F)cc12.